The van der Waals surface area contributed by atoms with Gasteiger partial charge in [0.2, 0.25) is 0 Å². The molecule has 2 atom stereocenters. The predicted octanol–water partition coefficient (Wildman–Crippen LogP) is -0.103. The number of thioether (sulfide) groups is 1. The molecule has 5 heteroatoms. The number of hydrogen-bond donors (Lipinski definition) is 1. The lowest BCUT2D eigenvalue weighted by Crippen LogP contribution is -2.56. The maximum Gasteiger partial charge on any atom is 0.323 e. The lowest BCUT2D eigenvalue weighted by molar-refractivity contribution is -0.879. The van der Waals surface area contributed by atoms with Crippen LogP contribution in [0.4, 0.5) is 0 Å². The van der Waals surface area contributed by atoms with Crippen LogP contribution in [-0.2, 0) is 9.53 Å². The Hall–Kier alpha value is -0.260. The third kappa shape index (κ3) is 2.87. The fourth-order valence-electron chi connectivity index (χ4n) is 1.36. The number of methoxy groups -OCH3 is 1. The molecule has 1 rings (SSSR count). The summed E-state index contributed by atoms with van der Waals surface area (Å²) in [7, 11) is 7.92. The van der Waals surface area contributed by atoms with Gasteiger partial charge < -0.3 is 9.22 Å². The van der Waals surface area contributed by atoms with Crippen LogP contribution in [0.2, 0.25) is 0 Å². The van der Waals surface area contributed by atoms with Crippen LogP contribution in [0, 0.1) is 0 Å². The summed E-state index contributed by atoms with van der Waals surface area (Å²) < 4.78 is 5.60. The van der Waals surface area contributed by atoms with Gasteiger partial charge in [-0.3, -0.25) is 10.1 Å². The van der Waals surface area contributed by atoms with E-state index >= 15 is 0 Å². The van der Waals surface area contributed by atoms with E-state index in [9.17, 15) is 4.79 Å². The molecular formula is C9H19N2O2S+. The average molecular weight is 219 g/mol. The number of nitrogens with one attached hydrogen (secondary N) is 1. The third-order valence-electron chi connectivity index (χ3n) is 2.34. The second kappa shape index (κ2) is 4.51. The highest BCUT2D eigenvalue weighted by atomic mass is 32.2. The second-order valence-electron chi connectivity index (χ2n) is 4.39. The molecule has 2 unspecified atom stereocenters. The van der Waals surface area contributed by atoms with Gasteiger partial charge in [0.05, 0.1) is 34.8 Å². The molecule has 1 saturated heterocycles. The molecule has 0 aliphatic carbocycles. The lowest BCUT2D eigenvalue weighted by Gasteiger charge is -2.37. The van der Waals surface area contributed by atoms with Gasteiger partial charge in [0.15, 0.2) is 0 Å². The van der Waals surface area contributed by atoms with Crippen molar-refractivity contribution >= 4 is 17.7 Å². The van der Waals surface area contributed by atoms with Gasteiger partial charge in [-0.2, -0.15) is 0 Å². The number of rotatable bonds is 2. The number of likely N-dealkylation sites (N-methyl/N-ethyl adjacent to an activating group) is 1. The highest BCUT2D eigenvalue weighted by Crippen LogP contribution is 2.22. The smallest absolute Gasteiger partial charge is 0.323 e. The zero-order valence-electron chi connectivity index (χ0n) is 9.24. The van der Waals surface area contributed by atoms with E-state index in [1.54, 1.807) is 0 Å². The van der Waals surface area contributed by atoms with Gasteiger partial charge in [-0.25, -0.2) is 0 Å². The van der Waals surface area contributed by atoms with Crippen molar-refractivity contribution in [2.75, 3.05) is 40.6 Å². The van der Waals surface area contributed by atoms with E-state index in [4.69, 9.17) is 4.74 Å². The fourth-order valence-corrected chi connectivity index (χ4v) is 2.69. The first kappa shape index (κ1) is 11.8. The van der Waals surface area contributed by atoms with Crippen LogP contribution in [0.15, 0.2) is 0 Å². The molecule has 1 fully saturated rings. The van der Waals surface area contributed by atoms with Crippen LogP contribution in [0.5, 0.6) is 0 Å². The molecule has 1 N–H and O–H groups in total. The molecule has 1 aliphatic rings. The predicted molar refractivity (Wildman–Crippen MR) is 58.1 cm³/mol. The molecule has 0 radical (unpaired) electrons. The van der Waals surface area contributed by atoms with Gasteiger partial charge in [0, 0.05) is 5.75 Å². The maximum atomic E-state index is 11.2. The van der Waals surface area contributed by atoms with Crippen molar-refractivity contribution in [3.63, 3.8) is 0 Å². The molecule has 1 heterocycles. The minimum absolute atomic E-state index is 0.132. The standard InChI is InChI=1S/C9H19N2O2S/c1-11(2,3)8-5-10-7(6-14-8)9(12)13-4/h7-8,10H,5-6H2,1-4H3/q+1. The summed E-state index contributed by atoms with van der Waals surface area (Å²) in [5.41, 5.74) is 0. The van der Waals surface area contributed by atoms with Gasteiger partial charge in [-0.05, 0) is 0 Å². The third-order valence-corrected chi connectivity index (χ3v) is 4.05. The summed E-state index contributed by atoms with van der Waals surface area (Å²) in [5, 5.41) is 3.73. The summed E-state index contributed by atoms with van der Waals surface area (Å²) in [5.74, 6) is 0.643. The number of quaternary nitrogens is 1. The van der Waals surface area contributed by atoms with Gasteiger partial charge in [0.25, 0.3) is 0 Å². The van der Waals surface area contributed by atoms with Crippen LogP contribution in [-0.4, -0.2) is 62.4 Å². The first-order valence-electron chi connectivity index (χ1n) is 4.69. The van der Waals surface area contributed by atoms with Gasteiger partial charge in [0.1, 0.15) is 11.4 Å². The Bertz CT molecular complexity index is 207. The summed E-state index contributed by atoms with van der Waals surface area (Å²) in [6, 6.07) is -0.132. The van der Waals surface area contributed by atoms with E-state index < -0.39 is 0 Å². The molecule has 0 saturated carbocycles. The van der Waals surface area contributed by atoms with Crippen molar-refractivity contribution < 1.29 is 14.0 Å². The number of carbonyl (C=O) groups excluding carboxylic acids is 1. The SMILES string of the molecule is COC(=O)C1CSC([N+](C)(C)C)CN1. The zero-order valence-corrected chi connectivity index (χ0v) is 10.1. The van der Waals surface area contributed by atoms with Crippen molar-refractivity contribution in [1.82, 2.24) is 5.32 Å². The maximum absolute atomic E-state index is 11.2. The van der Waals surface area contributed by atoms with Crippen LogP contribution >= 0.6 is 11.8 Å². The van der Waals surface area contributed by atoms with Crippen molar-refractivity contribution in [2.45, 2.75) is 11.4 Å². The number of ether oxygens (including phenoxy) is 1. The van der Waals surface area contributed by atoms with E-state index in [-0.39, 0.29) is 12.0 Å². The molecule has 0 bridgehead atoms. The van der Waals surface area contributed by atoms with Crippen molar-refractivity contribution in [1.29, 1.82) is 0 Å². The Balaban J connectivity index is 2.43. The van der Waals surface area contributed by atoms with Crippen molar-refractivity contribution in [2.24, 2.45) is 0 Å². The van der Waals surface area contributed by atoms with Crippen LogP contribution < -0.4 is 5.32 Å². The van der Waals surface area contributed by atoms with E-state index in [1.165, 1.54) is 7.11 Å². The summed E-state index contributed by atoms with van der Waals surface area (Å²) in [4.78, 5) is 11.2. The minimum Gasteiger partial charge on any atom is -0.468 e. The number of carbonyl (C=O) groups is 1. The van der Waals surface area contributed by atoms with Crippen molar-refractivity contribution in [3.05, 3.63) is 0 Å². The Kier molecular flexibility index (Phi) is 3.80. The second-order valence-corrected chi connectivity index (χ2v) is 5.60. The quantitative estimate of drug-likeness (QED) is 0.520. The summed E-state index contributed by atoms with van der Waals surface area (Å²) in [6.07, 6.45) is 0. The minimum atomic E-state index is -0.155. The first-order chi connectivity index (χ1) is 6.45. The van der Waals surface area contributed by atoms with Crippen LogP contribution in [0.3, 0.4) is 0 Å². The van der Waals surface area contributed by atoms with E-state index in [1.807, 2.05) is 11.8 Å². The van der Waals surface area contributed by atoms with E-state index in [2.05, 4.69) is 26.5 Å². The molecule has 0 aromatic heterocycles. The summed E-state index contributed by atoms with van der Waals surface area (Å²) >= 11 is 1.83. The van der Waals surface area contributed by atoms with Gasteiger partial charge >= 0.3 is 5.97 Å². The number of nitrogens with zero attached hydrogens (tertiary/aromatic N) is 1. The highest BCUT2D eigenvalue weighted by Gasteiger charge is 2.33. The Labute approximate surface area is 89.6 Å². The number of esters is 1. The Morgan fingerprint density at radius 3 is 2.50 bits per heavy atom. The molecular weight excluding hydrogens is 200 g/mol. The van der Waals surface area contributed by atoms with Crippen LogP contribution in [0.1, 0.15) is 0 Å². The Morgan fingerprint density at radius 1 is 1.50 bits per heavy atom. The molecule has 14 heavy (non-hydrogen) atoms. The van der Waals surface area contributed by atoms with Crippen LogP contribution in [0.25, 0.3) is 0 Å². The molecule has 1 aliphatic heterocycles. The molecule has 4 nitrogen and oxygen atoms in total. The first-order valence-corrected chi connectivity index (χ1v) is 5.74. The normalized spacial score (nSPS) is 28.6. The zero-order chi connectivity index (χ0) is 10.8. The molecule has 0 spiro atoms. The Morgan fingerprint density at radius 2 is 2.14 bits per heavy atom. The topological polar surface area (TPSA) is 38.3 Å². The largest absolute Gasteiger partial charge is 0.468 e. The molecule has 0 aromatic carbocycles. The average Bonchev–Trinajstić information content (AvgIpc) is 2.15. The van der Waals surface area contributed by atoms with E-state index in [0.717, 1.165) is 16.8 Å². The van der Waals surface area contributed by atoms with Crippen molar-refractivity contribution in [3.8, 4) is 0 Å². The lowest BCUT2D eigenvalue weighted by atomic mass is 10.3. The van der Waals surface area contributed by atoms with E-state index in [0.29, 0.717) is 5.37 Å². The molecule has 0 amide bonds. The fraction of sp³-hybridized carbons (Fsp3) is 0.889. The number of hydrogen-bond acceptors (Lipinski definition) is 4. The van der Waals surface area contributed by atoms with Gasteiger partial charge in [-0.15, -0.1) is 0 Å². The molecule has 0 aromatic rings. The summed E-state index contributed by atoms with van der Waals surface area (Å²) in [6.45, 7) is 0.855. The monoisotopic (exact) mass is 219 g/mol. The van der Waals surface area contributed by atoms with Gasteiger partial charge in [-0.1, -0.05) is 11.8 Å². The molecule has 82 valence electrons. The highest BCUT2D eigenvalue weighted by molar-refractivity contribution is 7.99.